The quantitative estimate of drug-likeness (QED) is 0.225. The predicted octanol–water partition coefficient (Wildman–Crippen LogP) is 5.53. The van der Waals surface area contributed by atoms with Gasteiger partial charge >= 0.3 is 5.97 Å². The van der Waals surface area contributed by atoms with Crippen LogP contribution in [0.1, 0.15) is 91.4 Å². The van der Waals surface area contributed by atoms with Crippen molar-refractivity contribution in [2.24, 2.45) is 5.92 Å². The molecule has 0 saturated heterocycles. The molecule has 0 rings (SSSR count). The van der Waals surface area contributed by atoms with E-state index in [1.54, 1.807) is 0 Å². The van der Waals surface area contributed by atoms with Crippen LogP contribution in [0.2, 0.25) is 0 Å². The lowest BCUT2D eigenvalue weighted by Gasteiger charge is -2.10. The van der Waals surface area contributed by atoms with Crippen molar-refractivity contribution < 1.29 is 19.0 Å². The lowest BCUT2D eigenvalue weighted by atomic mass is 10.1. The molecule has 0 radical (unpaired) electrons. The van der Waals surface area contributed by atoms with Gasteiger partial charge in [-0.1, -0.05) is 78.6 Å². The second-order valence-electron chi connectivity index (χ2n) is 7.00. The van der Waals surface area contributed by atoms with Gasteiger partial charge in [0.2, 0.25) is 0 Å². The topological polar surface area (TPSA) is 44.8 Å². The minimum absolute atomic E-state index is 0.0976. The van der Waals surface area contributed by atoms with Crippen LogP contribution in [0.3, 0.4) is 0 Å². The van der Waals surface area contributed by atoms with Crippen molar-refractivity contribution in [3.05, 3.63) is 0 Å². The minimum Gasteiger partial charge on any atom is -0.463 e. The van der Waals surface area contributed by atoms with E-state index in [4.69, 9.17) is 14.2 Å². The number of carbonyl (C=O) groups is 1. The maximum absolute atomic E-state index is 11.6. The summed E-state index contributed by atoms with van der Waals surface area (Å²) in [5, 5.41) is 0. The van der Waals surface area contributed by atoms with Crippen molar-refractivity contribution in [1.29, 1.82) is 0 Å². The van der Waals surface area contributed by atoms with Gasteiger partial charge in [-0.15, -0.1) is 0 Å². The first kappa shape index (κ1) is 24.4. The summed E-state index contributed by atoms with van der Waals surface area (Å²) in [5.41, 5.74) is 0. The van der Waals surface area contributed by atoms with E-state index in [0.717, 1.165) is 25.9 Å². The summed E-state index contributed by atoms with van der Waals surface area (Å²) in [7, 11) is 0. The summed E-state index contributed by atoms with van der Waals surface area (Å²) in [6.45, 7) is 9.34. The molecule has 0 aromatic rings. The van der Waals surface area contributed by atoms with Crippen LogP contribution < -0.4 is 0 Å². The van der Waals surface area contributed by atoms with Gasteiger partial charge in [0.15, 0.2) is 0 Å². The van der Waals surface area contributed by atoms with Gasteiger partial charge in [-0.3, -0.25) is 4.79 Å². The zero-order valence-corrected chi connectivity index (χ0v) is 17.0. The fourth-order valence-corrected chi connectivity index (χ4v) is 2.49. The molecular formula is C21H42O4. The fourth-order valence-electron chi connectivity index (χ4n) is 2.49. The molecule has 1 atom stereocenters. The third kappa shape index (κ3) is 19.6. The fraction of sp³-hybridized carbons (Fsp3) is 0.952. The van der Waals surface area contributed by atoms with Crippen LogP contribution in [0, 0.1) is 5.92 Å². The van der Waals surface area contributed by atoms with Gasteiger partial charge in [-0.25, -0.2) is 0 Å². The molecule has 0 aromatic carbocycles. The summed E-state index contributed by atoms with van der Waals surface area (Å²) < 4.78 is 16.1. The van der Waals surface area contributed by atoms with Crippen LogP contribution in [0.4, 0.5) is 0 Å². The van der Waals surface area contributed by atoms with Crippen molar-refractivity contribution in [2.75, 3.05) is 33.0 Å². The number of hydrogen-bond donors (Lipinski definition) is 0. The SMILES string of the molecule is CCCCCCCCCCCC(=O)OCCOCCOCC(C)CC. The molecule has 0 N–H and O–H groups in total. The van der Waals surface area contributed by atoms with E-state index in [9.17, 15) is 4.79 Å². The normalized spacial score (nSPS) is 12.3. The maximum atomic E-state index is 11.6. The van der Waals surface area contributed by atoms with Gasteiger partial charge < -0.3 is 14.2 Å². The van der Waals surface area contributed by atoms with Crippen LogP contribution in [0.5, 0.6) is 0 Å². The predicted molar refractivity (Wildman–Crippen MR) is 104 cm³/mol. The average Bonchev–Trinajstić information content (AvgIpc) is 2.62. The van der Waals surface area contributed by atoms with E-state index in [2.05, 4.69) is 20.8 Å². The molecular weight excluding hydrogens is 316 g/mol. The van der Waals surface area contributed by atoms with Crippen molar-refractivity contribution in [3.8, 4) is 0 Å². The Labute approximate surface area is 156 Å². The Balaban J connectivity index is 3.18. The molecule has 0 fully saturated rings. The third-order valence-electron chi connectivity index (χ3n) is 4.45. The summed E-state index contributed by atoms with van der Waals surface area (Å²) >= 11 is 0. The molecule has 0 spiro atoms. The molecule has 0 saturated carbocycles. The van der Waals surface area contributed by atoms with Crippen LogP contribution in [-0.2, 0) is 19.0 Å². The zero-order valence-electron chi connectivity index (χ0n) is 17.0. The Morgan fingerprint density at radius 2 is 1.32 bits per heavy atom. The van der Waals surface area contributed by atoms with Crippen molar-refractivity contribution in [3.63, 3.8) is 0 Å². The van der Waals surface area contributed by atoms with Gasteiger partial charge in [-0.2, -0.15) is 0 Å². The highest BCUT2D eigenvalue weighted by molar-refractivity contribution is 5.69. The standard InChI is InChI=1S/C21H42O4/c1-4-6-7-8-9-10-11-12-13-14-21(22)25-18-17-23-15-16-24-19-20(3)5-2/h20H,4-19H2,1-3H3. The highest BCUT2D eigenvalue weighted by Gasteiger charge is 2.03. The van der Waals surface area contributed by atoms with Crippen molar-refractivity contribution >= 4 is 5.97 Å². The lowest BCUT2D eigenvalue weighted by Crippen LogP contribution is -2.14. The van der Waals surface area contributed by atoms with E-state index in [1.165, 1.54) is 44.9 Å². The van der Waals surface area contributed by atoms with Gasteiger partial charge in [0, 0.05) is 13.0 Å². The molecule has 0 aliphatic carbocycles. The van der Waals surface area contributed by atoms with Crippen LogP contribution in [0.15, 0.2) is 0 Å². The number of ether oxygens (including phenoxy) is 3. The first-order valence-corrected chi connectivity index (χ1v) is 10.5. The van der Waals surface area contributed by atoms with Gasteiger partial charge in [0.05, 0.1) is 19.8 Å². The Morgan fingerprint density at radius 3 is 1.96 bits per heavy atom. The van der Waals surface area contributed by atoms with Crippen LogP contribution >= 0.6 is 0 Å². The van der Waals surface area contributed by atoms with Crippen molar-refractivity contribution in [1.82, 2.24) is 0 Å². The zero-order chi connectivity index (χ0) is 18.6. The highest BCUT2D eigenvalue weighted by atomic mass is 16.6. The molecule has 0 aliphatic rings. The Kier molecular flexibility index (Phi) is 19.2. The lowest BCUT2D eigenvalue weighted by molar-refractivity contribution is -0.145. The summed E-state index contributed by atoms with van der Waals surface area (Å²) in [4.78, 5) is 11.6. The smallest absolute Gasteiger partial charge is 0.305 e. The highest BCUT2D eigenvalue weighted by Crippen LogP contribution is 2.10. The average molecular weight is 359 g/mol. The van der Waals surface area contributed by atoms with Crippen LogP contribution in [-0.4, -0.2) is 39.0 Å². The van der Waals surface area contributed by atoms with Gasteiger partial charge in [-0.05, 0) is 12.3 Å². The molecule has 150 valence electrons. The molecule has 0 heterocycles. The number of rotatable bonds is 19. The van der Waals surface area contributed by atoms with E-state index in [0.29, 0.717) is 38.8 Å². The molecule has 4 heteroatoms. The Morgan fingerprint density at radius 1 is 0.760 bits per heavy atom. The Bertz CT molecular complexity index is 281. The molecule has 1 unspecified atom stereocenters. The second-order valence-corrected chi connectivity index (χ2v) is 7.00. The second kappa shape index (κ2) is 19.7. The molecule has 0 bridgehead atoms. The molecule has 4 nitrogen and oxygen atoms in total. The largest absolute Gasteiger partial charge is 0.463 e. The van der Waals surface area contributed by atoms with E-state index < -0.39 is 0 Å². The van der Waals surface area contributed by atoms with E-state index in [1.807, 2.05) is 0 Å². The first-order valence-electron chi connectivity index (χ1n) is 10.5. The number of carbonyl (C=O) groups excluding carboxylic acids is 1. The monoisotopic (exact) mass is 358 g/mol. The summed E-state index contributed by atoms with van der Waals surface area (Å²) in [6.07, 6.45) is 13.0. The molecule has 0 aromatic heterocycles. The number of esters is 1. The molecule has 25 heavy (non-hydrogen) atoms. The first-order chi connectivity index (χ1) is 12.2. The van der Waals surface area contributed by atoms with Crippen LogP contribution in [0.25, 0.3) is 0 Å². The minimum atomic E-state index is -0.0976. The maximum Gasteiger partial charge on any atom is 0.305 e. The Hall–Kier alpha value is -0.610. The van der Waals surface area contributed by atoms with E-state index in [-0.39, 0.29) is 5.97 Å². The number of hydrogen-bond acceptors (Lipinski definition) is 4. The third-order valence-corrected chi connectivity index (χ3v) is 4.45. The number of unbranched alkanes of at least 4 members (excludes halogenated alkanes) is 8. The summed E-state index contributed by atoms with van der Waals surface area (Å²) in [6, 6.07) is 0. The molecule has 0 aliphatic heterocycles. The van der Waals surface area contributed by atoms with Gasteiger partial charge in [0.1, 0.15) is 6.61 Å². The molecule has 0 amide bonds. The summed E-state index contributed by atoms with van der Waals surface area (Å²) in [5.74, 6) is 0.501. The van der Waals surface area contributed by atoms with Crippen molar-refractivity contribution in [2.45, 2.75) is 91.4 Å². The van der Waals surface area contributed by atoms with Gasteiger partial charge in [0.25, 0.3) is 0 Å². The van der Waals surface area contributed by atoms with E-state index >= 15 is 0 Å².